The fraction of sp³-hybridized carbons (Fsp3) is 0.273. The first-order valence-electron chi connectivity index (χ1n) is 9.19. The van der Waals surface area contributed by atoms with Crippen molar-refractivity contribution in [2.24, 2.45) is 0 Å². The summed E-state index contributed by atoms with van der Waals surface area (Å²) in [6.45, 7) is 3.74. The zero-order chi connectivity index (χ0) is 22.3. The van der Waals surface area contributed by atoms with E-state index >= 15 is 0 Å². The maximum absolute atomic E-state index is 11.7. The first-order chi connectivity index (χ1) is 14.4. The van der Waals surface area contributed by atoms with Crippen LogP contribution in [-0.4, -0.2) is 35.6 Å². The SMILES string of the molecule is CCOC(=O)C(C)Oc1ccc(N(C)c2cc3ccc(Cl)cc3c(Cl)n2)cc1.CI. The summed E-state index contributed by atoms with van der Waals surface area (Å²) in [4.78, 5) is 20.0. The molecular weight excluding hydrogens is 538 g/mol. The van der Waals surface area contributed by atoms with Crippen molar-refractivity contribution in [2.45, 2.75) is 20.0 Å². The lowest BCUT2D eigenvalue weighted by Crippen LogP contribution is -2.26. The van der Waals surface area contributed by atoms with Crippen LogP contribution in [0.3, 0.4) is 0 Å². The third kappa shape index (κ3) is 6.12. The molecule has 1 unspecified atom stereocenters. The smallest absolute Gasteiger partial charge is 0.347 e. The lowest BCUT2D eigenvalue weighted by molar-refractivity contribution is -0.150. The van der Waals surface area contributed by atoms with E-state index in [2.05, 4.69) is 27.6 Å². The van der Waals surface area contributed by atoms with Crippen LogP contribution in [0.5, 0.6) is 5.75 Å². The number of hydrogen-bond donors (Lipinski definition) is 0. The van der Waals surface area contributed by atoms with Crippen LogP contribution >= 0.6 is 45.8 Å². The Balaban J connectivity index is 0.00000155. The number of rotatable bonds is 6. The first kappa shape index (κ1) is 24.5. The Kier molecular flexibility index (Phi) is 9.45. The van der Waals surface area contributed by atoms with E-state index in [0.717, 1.165) is 16.5 Å². The number of fused-ring (bicyclic) bond motifs is 1. The van der Waals surface area contributed by atoms with Crippen molar-refractivity contribution in [1.29, 1.82) is 0 Å². The van der Waals surface area contributed by atoms with E-state index in [4.69, 9.17) is 32.7 Å². The third-order valence-corrected chi connectivity index (χ3v) is 4.76. The number of pyridine rings is 1. The largest absolute Gasteiger partial charge is 0.479 e. The molecule has 3 rings (SSSR count). The molecule has 0 N–H and O–H groups in total. The molecule has 1 aromatic heterocycles. The van der Waals surface area contributed by atoms with E-state index in [9.17, 15) is 4.79 Å². The van der Waals surface area contributed by atoms with Crippen molar-refractivity contribution in [3.8, 4) is 5.75 Å². The van der Waals surface area contributed by atoms with Gasteiger partial charge in [-0.3, -0.25) is 0 Å². The van der Waals surface area contributed by atoms with Crippen LogP contribution in [0, 0.1) is 0 Å². The number of esters is 1. The second-order valence-corrected chi connectivity index (χ2v) is 7.00. The summed E-state index contributed by atoms with van der Waals surface area (Å²) in [6, 6.07) is 14.8. The Hall–Kier alpha value is -1.77. The Bertz CT molecular complexity index is 1000. The van der Waals surface area contributed by atoms with Gasteiger partial charge in [-0.1, -0.05) is 51.9 Å². The molecule has 1 atom stereocenters. The highest BCUT2D eigenvalue weighted by Crippen LogP contribution is 2.31. The summed E-state index contributed by atoms with van der Waals surface area (Å²) in [5.74, 6) is 0.893. The average molecular weight is 561 g/mol. The molecule has 0 saturated carbocycles. The van der Waals surface area contributed by atoms with Gasteiger partial charge in [0, 0.05) is 23.1 Å². The van der Waals surface area contributed by atoms with Crippen molar-refractivity contribution >= 4 is 74.0 Å². The van der Waals surface area contributed by atoms with E-state index in [1.807, 2.05) is 47.2 Å². The lowest BCUT2D eigenvalue weighted by atomic mass is 10.1. The van der Waals surface area contributed by atoms with Crippen LogP contribution in [0.25, 0.3) is 10.8 Å². The predicted molar refractivity (Wildman–Crippen MR) is 133 cm³/mol. The molecule has 5 nitrogen and oxygen atoms in total. The van der Waals surface area contributed by atoms with Gasteiger partial charge in [-0.2, -0.15) is 0 Å². The number of nitrogens with zero attached hydrogens (tertiary/aromatic N) is 2. The molecule has 3 aromatic rings. The van der Waals surface area contributed by atoms with Gasteiger partial charge in [0.2, 0.25) is 0 Å². The molecule has 0 aliphatic heterocycles. The van der Waals surface area contributed by atoms with Crippen LogP contribution in [0.2, 0.25) is 10.2 Å². The highest BCUT2D eigenvalue weighted by atomic mass is 127. The molecule has 0 bridgehead atoms. The standard InChI is InChI=1S/C21H20Cl2N2O3.CH3I/c1-4-27-21(26)13(2)28-17-9-7-16(8-10-17)25(3)19-11-14-5-6-15(22)12-18(14)20(23)24-19;1-2/h5-13H,4H2,1-3H3;1H3. The quantitative estimate of drug-likeness (QED) is 0.145. The van der Waals surface area contributed by atoms with Gasteiger partial charge < -0.3 is 14.4 Å². The van der Waals surface area contributed by atoms with E-state index in [-0.39, 0.29) is 5.97 Å². The number of aromatic nitrogens is 1. The minimum Gasteiger partial charge on any atom is -0.479 e. The van der Waals surface area contributed by atoms with Crippen molar-refractivity contribution in [3.63, 3.8) is 0 Å². The molecular formula is C22H23Cl2IN2O3. The number of halogens is 3. The van der Waals surface area contributed by atoms with Gasteiger partial charge in [0.15, 0.2) is 6.10 Å². The molecule has 2 aromatic carbocycles. The molecule has 160 valence electrons. The van der Waals surface area contributed by atoms with Gasteiger partial charge in [-0.25, -0.2) is 9.78 Å². The minimum atomic E-state index is -0.670. The Labute approximate surface area is 200 Å². The van der Waals surface area contributed by atoms with Gasteiger partial charge in [0.1, 0.15) is 16.7 Å². The third-order valence-electron chi connectivity index (χ3n) is 4.23. The second kappa shape index (κ2) is 11.6. The van der Waals surface area contributed by atoms with E-state index in [1.54, 1.807) is 32.0 Å². The normalized spacial score (nSPS) is 11.3. The van der Waals surface area contributed by atoms with Gasteiger partial charge in [0.25, 0.3) is 0 Å². The fourth-order valence-corrected chi connectivity index (χ4v) is 3.15. The molecule has 8 heteroatoms. The van der Waals surface area contributed by atoms with Crippen LogP contribution in [0.15, 0.2) is 48.5 Å². The number of carbonyl (C=O) groups is 1. The summed E-state index contributed by atoms with van der Waals surface area (Å²) in [6.07, 6.45) is -0.670. The molecule has 0 amide bonds. The fourth-order valence-electron chi connectivity index (χ4n) is 2.73. The molecule has 0 fully saturated rings. The molecule has 1 heterocycles. The number of hydrogen-bond acceptors (Lipinski definition) is 5. The summed E-state index contributed by atoms with van der Waals surface area (Å²) in [7, 11) is 1.90. The molecule has 0 radical (unpaired) electrons. The van der Waals surface area contributed by atoms with Crippen molar-refractivity contribution in [1.82, 2.24) is 4.98 Å². The van der Waals surface area contributed by atoms with Gasteiger partial charge in [0.05, 0.1) is 6.61 Å². The van der Waals surface area contributed by atoms with Crippen LogP contribution in [0.1, 0.15) is 13.8 Å². The van der Waals surface area contributed by atoms with Crippen LogP contribution in [0.4, 0.5) is 11.5 Å². The Morgan fingerprint density at radius 2 is 1.80 bits per heavy atom. The van der Waals surface area contributed by atoms with Gasteiger partial charge in [-0.05, 0) is 66.6 Å². The van der Waals surface area contributed by atoms with Crippen LogP contribution < -0.4 is 9.64 Å². The highest BCUT2D eigenvalue weighted by molar-refractivity contribution is 14.1. The summed E-state index contributed by atoms with van der Waals surface area (Å²) in [5, 5.41) is 2.77. The Morgan fingerprint density at radius 1 is 1.13 bits per heavy atom. The molecule has 0 aliphatic rings. The van der Waals surface area contributed by atoms with E-state index in [0.29, 0.717) is 28.3 Å². The molecule has 0 saturated heterocycles. The van der Waals surface area contributed by atoms with Gasteiger partial charge in [-0.15, -0.1) is 0 Å². The zero-order valence-corrected chi connectivity index (χ0v) is 20.8. The van der Waals surface area contributed by atoms with Crippen LogP contribution in [-0.2, 0) is 9.53 Å². The Morgan fingerprint density at radius 3 is 2.43 bits per heavy atom. The molecule has 0 spiro atoms. The number of anilines is 2. The molecule has 0 aliphatic carbocycles. The monoisotopic (exact) mass is 560 g/mol. The van der Waals surface area contributed by atoms with Crippen molar-refractivity contribution in [2.75, 3.05) is 23.5 Å². The average Bonchev–Trinajstić information content (AvgIpc) is 2.75. The zero-order valence-electron chi connectivity index (χ0n) is 17.2. The van der Waals surface area contributed by atoms with E-state index < -0.39 is 6.10 Å². The summed E-state index contributed by atoms with van der Waals surface area (Å²) < 4.78 is 10.6. The maximum atomic E-state index is 11.7. The molecule has 30 heavy (non-hydrogen) atoms. The van der Waals surface area contributed by atoms with Gasteiger partial charge >= 0.3 is 5.97 Å². The maximum Gasteiger partial charge on any atom is 0.347 e. The predicted octanol–water partition coefficient (Wildman–Crippen LogP) is 6.69. The number of ether oxygens (including phenoxy) is 2. The number of benzene rings is 2. The second-order valence-electron chi connectivity index (χ2n) is 6.20. The van der Waals surface area contributed by atoms with Crippen molar-refractivity contribution < 1.29 is 14.3 Å². The summed E-state index contributed by atoms with van der Waals surface area (Å²) in [5.41, 5.74) is 0.896. The summed E-state index contributed by atoms with van der Waals surface area (Å²) >= 11 is 14.5. The van der Waals surface area contributed by atoms with E-state index in [1.165, 1.54) is 0 Å². The number of alkyl halides is 1. The minimum absolute atomic E-state index is 0.323. The number of carbonyl (C=O) groups excluding carboxylic acids is 1. The van der Waals surface area contributed by atoms with Crippen molar-refractivity contribution in [3.05, 3.63) is 58.7 Å². The topological polar surface area (TPSA) is 51.7 Å². The lowest BCUT2D eigenvalue weighted by Gasteiger charge is -2.20. The highest BCUT2D eigenvalue weighted by Gasteiger charge is 2.16. The first-order valence-corrected chi connectivity index (χ1v) is 12.1.